The van der Waals surface area contributed by atoms with Gasteiger partial charge in [0.05, 0.1) is 36.6 Å². The summed E-state index contributed by atoms with van der Waals surface area (Å²) in [6, 6.07) is 0. The number of carbonyl (C=O) groups is 1. The SMILES string of the molecule is CCCCCCCCCC[C@H](O)[C@H]1CC[C@H](C2CC[C@H]([C@H](O)CCCCCCCCCCCCC3=C[C@H](C)OC3=O)O2)O1. The van der Waals surface area contributed by atoms with Gasteiger partial charge in [0.2, 0.25) is 0 Å². The molecule has 0 amide bonds. The van der Waals surface area contributed by atoms with Crippen molar-refractivity contribution >= 4 is 5.97 Å². The molecule has 0 bridgehead atoms. The molecule has 0 spiro atoms. The van der Waals surface area contributed by atoms with Crippen molar-refractivity contribution in [1.29, 1.82) is 0 Å². The van der Waals surface area contributed by atoms with E-state index in [0.717, 1.165) is 69.8 Å². The van der Waals surface area contributed by atoms with Gasteiger partial charge in [-0.3, -0.25) is 0 Å². The molecule has 7 atom stereocenters. The van der Waals surface area contributed by atoms with E-state index in [4.69, 9.17) is 14.2 Å². The minimum atomic E-state index is -0.375. The van der Waals surface area contributed by atoms with Gasteiger partial charge in [0, 0.05) is 5.57 Å². The van der Waals surface area contributed by atoms with Crippen LogP contribution in [0.4, 0.5) is 0 Å². The van der Waals surface area contributed by atoms with E-state index in [1.54, 1.807) is 0 Å². The molecule has 2 fully saturated rings. The van der Waals surface area contributed by atoms with Crippen LogP contribution in [0.15, 0.2) is 11.6 Å². The van der Waals surface area contributed by atoms with Gasteiger partial charge < -0.3 is 24.4 Å². The minimum Gasteiger partial charge on any atom is -0.455 e. The highest BCUT2D eigenvalue weighted by Crippen LogP contribution is 2.34. The molecule has 3 aliphatic rings. The van der Waals surface area contributed by atoms with Crippen LogP contribution >= 0.6 is 0 Å². The molecule has 3 aliphatic heterocycles. The fourth-order valence-electron chi connectivity index (χ4n) is 7.25. The minimum absolute atomic E-state index is 0.0466. The Kier molecular flexibility index (Phi) is 18.5. The van der Waals surface area contributed by atoms with E-state index in [9.17, 15) is 15.0 Å². The standard InChI is InChI=1S/C37H66O6/c1-3-4-5-6-7-13-16-19-22-31(38)33-24-26-35(42-33)36-27-25-34(43-36)32(39)23-20-17-14-11-9-8-10-12-15-18-21-30-28-29(2)41-37(30)40/h28-29,31-36,38-39H,3-27H2,1-2H3/t29-,31-,32+,33+,34+,35+,36?/m0/s1. The van der Waals surface area contributed by atoms with Gasteiger partial charge in [0.25, 0.3) is 0 Å². The summed E-state index contributed by atoms with van der Waals surface area (Å²) in [6.07, 6.45) is 29.9. The monoisotopic (exact) mass is 606 g/mol. The third-order valence-corrected chi connectivity index (χ3v) is 9.98. The number of aliphatic hydroxyl groups is 2. The molecular weight excluding hydrogens is 540 g/mol. The second-order valence-electron chi connectivity index (χ2n) is 13.9. The predicted octanol–water partition coefficient (Wildman–Crippen LogP) is 8.89. The normalized spacial score (nSPS) is 27.0. The van der Waals surface area contributed by atoms with E-state index in [2.05, 4.69) is 6.92 Å². The molecule has 0 aromatic carbocycles. The molecule has 3 rings (SSSR count). The first kappa shape index (κ1) is 36.5. The third-order valence-electron chi connectivity index (χ3n) is 9.98. The van der Waals surface area contributed by atoms with Crippen molar-refractivity contribution < 1.29 is 29.2 Å². The third kappa shape index (κ3) is 14.3. The average molecular weight is 607 g/mol. The highest BCUT2D eigenvalue weighted by molar-refractivity contribution is 5.90. The number of hydrogen-bond donors (Lipinski definition) is 2. The first-order valence-electron chi connectivity index (χ1n) is 18.6. The van der Waals surface area contributed by atoms with Gasteiger partial charge in [-0.1, -0.05) is 116 Å². The van der Waals surface area contributed by atoms with E-state index in [0.29, 0.717) is 0 Å². The Morgan fingerprint density at radius 1 is 0.651 bits per heavy atom. The lowest BCUT2D eigenvalue weighted by atomic mass is 10.0. The smallest absolute Gasteiger partial charge is 0.334 e. The Labute approximate surface area is 263 Å². The van der Waals surface area contributed by atoms with Crippen LogP contribution < -0.4 is 0 Å². The highest BCUT2D eigenvalue weighted by atomic mass is 16.6. The second-order valence-corrected chi connectivity index (χ2v) is 13.9. The van der Waals surface area contributed by atoms with Crippen LogP contribution in [0.5, 0.6) is 0 Å². The summed E-state index contributed by atoms with van der Waals surface area (Å²) in [5, 5.41) is 21.4. The maximum atomic E-state index is 11.6. The zero-order valence-electron chi connectivity index (χ0n) is 27.8. The number of unbranched alkanes of at least 4 members (excludes halogenated alkanes) is 16. The van der Waals surface area contributed by atoms with Crippen LogP contribution in [0.2, 0.25) is 0 Å². The topological polar surface area (TPSA) is 85.2 Å². The summed E-state index contributed by atoms with van der Waals surface area (Å²) in [4.78, 5) is 11.6. The van der Waals surface area contributed by atoms with Gasteiger partial charge in [-0.05, 0) is 64.4 Å². The molecular formula is C37H66O6. The maximum Gasteiger partial charge on any atom is 0.334 e. The summed E-state index contributed by atoms with van der Waals surface area (Å²) < 4.78 is 17.7. The fourth-order valence-corrected chi connectivity index (χ4v) is 7.25. The first-order valence-corrected chi connectivity index (χ1v) is 18.6. The fraction of sp³-hybridized carbons (Fsp3) is 0.919. The lowest BCUT2D eigenvalue weighted by molar-refractivity contribution is -0.139. The van der Waals surface area contributed by atoms with Crippen molar-refractivity contribution in [2.24, 2.45) is 0 Å². The van der Waals surface area contributed by atoms with Gasteiger partial charge in [0.15, 0.2) is 0 Å². The van der Waals surface area contributed by atoms with Gasteiger partial charge >= 0.3 is 5.97 Å². The second kappa shape index (κ2) is 21.7. The largest absolute Gasteiger partial charge is 0.455 e. The lowest BCUT2D eigenvalue weighted by Gasteiger charge is -2.24. The van der Waals surface area contributed by atoms with Gasteiger partial charge in [-0.15, -0.1) is 0 Å². The summed E-state index contributed by atoms with van der Waals surface area (Å²) in [5.74, 6) is -0.118. The molecule has 0 aromatic heterocycles. The van der Waals surface area contributed by atoms with Crippen molar-refractivity contribution in [3.05, 3.63) is 11.6 Å². The van der Waals surface area contributed by atoms with Crippen molar-refractivity contribution in [3.63, 3.8) is 0 Å². The number of rotatable bonds is 25. The predicted molar refractivity (Wildman–Crippen MR) is 174 cm³/mol. The number of esters is 1. The Balaban J connectivity index is 1.12. The van der Waals surface area contributed by atoms with Gasteiger partial charge in [-0.2, -0.15) is 0 Å². The Bertz CT molecular complexity index is 768. The Morgan fingerprint density at radius 3 is 1.49 bits per heavy atom. The van der Waals surface area contributed by atoms with Crippen LogP contribution in [0, 0.1) is 0 Å². The molecule has 2 N–H and O–H groups in total. The van der Waals surface area contributed by atoms with Crippen molar-refractivity contribution in [2.45, 2.75) is 217 Å². The van der Waals surface area contributed by atoms with E-state index in [1.807, 2.05) is 13.0 Å². The first-order chi connectivity index (χ1) is 21.0. The Morgan fingerprint density at radius 2 is 1.07 bits per heavy atom. The van der Waals surface area contributed by atoms with Gasteiger partial charge in [-0.25, -0.2) is 4.79 Å². The molecule has 3 heterocycles. The average Bonchev–Trinajstić information content (AvgIpc) is 3.75. The van der Waals surface area contributed by atoms with E-state index in [-0.39, 0.29) is 48.7 Å². The quantitative estimate of drug-likeness (QED) is 0.0797. The molecule has 250 valence electrons. The van der Waals surface area contributed by atoms with Crippen molar-refractivity contribution in [2.75, 3.05) is 0 Å². The van der Waals surface area contributed by atoms with E-state index < -0.39 is 0 Å². The molecule has 1 unspecified atom stereocenters. The molecule has 0 aromatic rings. The van der Waals surface area contributed by atoms with Crippen LogP contribution in [0.25, 0.3) is 0 Å². The molecule has 6 heteroatoms. The van der Waals surface area contributed by atoms with Crippen LogP contribution in [0.1, 0.15) is 174 Å². The van der Waals surface area contributed by atoms with E-state index >= 15 is 0 Å². The number of cyclic esters (lactones) is 1. The van der Waals surface area contributed by atoms with Crippen LogP contribution in [-0.2, 0) is 19.0 Å². The number of carbonyl (C=O) groups excluding carboxylic acids is 1. The number of aliphatic hydroxyl groups excluding tert-OH is 2. The Hall–Kier alpha value is -0.950. The molecule has 0 saturated carbocycles. The molecule has 6 nitrogen and oxygen atoms in total. The molecule has 0 aliphatic carbocycles. The highest BCUT2D eigenvalue weighted by Gasteiger charge is 2.40. The molecule has 43 heavy (non-hydrogen) atoms. The lowest BCUT2D eigenvalue weighted by Crippen LogP contribution is -2.33. The van der Waals surface area contributed by atoms with Crippen molar-refractivity contribution in [1.82, 2.24) is 0 Å². The van der Waals surface area contributed by atoms with Gasteiger partial charge in [0.1, 0.15) is 6.10 Å². The van der Waals surface area contributed by atoms with Crippen molar-refractivity contribution in [3.8, 4) is 0 Å². The molecule has 2 saturated heterocycles. The zero-order valence-corrected chi connectivity index (χ0v) is 27.8. The van der Waals surface area contributed by atoms with E-state index in [1.165, 1.54) is 96.3 Å². The summed E-state index contributed by atoms with van der Waals surface area (Å²) in [6.45, 7) is 4.17. The summed E-state index contributed by atoms with van der Waals surface area (Å²) in [5.41, 5.74) is 0.869. The number of ether oxygens (including phenoxy) is 3. The molecule has 0 radical (unpaired) electrons. The van der Waals surface area contributed by atoms with Crippen LogP contribution in [-0.4, -0.2) is 58.9 Å². The maximum absolute atomic E-state index is 11.6. The number of hydrogen-bond acceptors (Lipinski definition) is 6. The summed E-state index contributed by atoms with van der Waals surface area (Å²) >= 11 is 0. The van der Waals surface area contributed by atoms with Crippen LogP contribution in [0.3, 0.4) is 0 Å². The summed E-state index contributed by atoms with van der Waals surface area (Å²) in [7, 11) is 0. The zero-order chi connectivity index (χ0) is 30.7.